The lowest BCUT2D eigenvalue weighted by Crippen LogP contribution is -2.55. The Bertz CT molecular complexity index is 2380. The average molecular weight is 902 g/mol. The number of aromatic nitrogens is 2. The van der Waals surface area contributed by atoms with Crippen molar-refractivity contribution < 1.29 is 41.8 Å². The Kier molecular flexibility index (Phi) is 12.9. The summed E-state index contributed by atoms with van der Waals surface area (Å²) < 4.78 is 51.0. The normalized spacial score (nSPS) is 25.1. The number of alkyl carbamates (subject to hydrolysis) is 2. The molecule has 2 unspecified atom stereocenters. The summed E-state index contributed by atoms with van der Waals surface area (Å²) in [5.74, 6) is 0.631. The van der Waals surface area contributed by atoms with Gasteiger partial charge in [-0.1, -0.05) is 52.0 Å². The number of amidine groups is 1. The summed E-state index contributed by atoms with van der Waals surface area (Å²) in [6, 6.07) is 8.42. The van der Waals surface area contributed by atoms with E-state index in [0.717, 1.165) is 54.5 Å². The zero-order chi connectivity index (χ0) is 46.3. The number of ether oxygens (including phenoxy) is 2. The van der Waals surface area contributed by atoms with E-state index < -0.39 is 36.0 Å². The van der Waals surface area contributed by atoms with Gasteiger partial charge in [0, 0.05) is 18.8 Å². The number of hydrogen-bond acceptors (Lipinski definition) is 10. The molecule has 0 spiro atoms. The Morgan fingerprint density at radius 3 is 1.98 bits per heavy atom. The minimum absolute atomic E-state index is 0.139. The van der Waals surface area contributed by atoms with Gasteiger partial charge < -0.3 is 45.1 Å². The number of alkyl halides is 3. The van der Waals surface area contributed by atoms with Crippen molar-refractivity contribution in [1.82, 2.24) is 35.7 Å². The first-order chi connectivity index (χ1) is 31.1. The molecular weight excluding hydrogens is 844 g/mol. The molecule has 5 heterocycles. The molecule has 2 aromatic carbocycles. The Labute approximate surface area is 376 Å². The van der Waals surface area contributed by atoms with Gasteiger partial charge in [-0.2, -0.15) is 13.2 Å². The van der Waals surface area contributed by atoms with Crippen molar-refractivity contribution in [3.8, 4) is 0 Å². The van der Waals surface area contributed by atoms with Crippen LogP contribution < -0.4 is 20.9 Å². The number of carbonyl (C=O) groups excluding carboxylic acids is 4. The highest BCUT2D eigenvalue weighted by Crippen LogP contribution is 2.45. The Balaban J connectivity index is 1.06. The van der Waals surface area contributed by atoms with Crippen LogP contribution in [0.2, 0.25) is 0 Å². The average Bonchev–Trinajstić information content (AvgIpc) is 4.14. The number of amides is 4. The van der Waals surface area contributed by atoms with Crippen LogP contribution in [0.3, 0.4) is 0 Å². The highest BCUT2D eigenvalue weighted by molar-refractivity contribution is 5.96. The SMILES string of the molecule is COC(=O)N[C@H](C(=O)N1CCC[C@H]1C1=NC2C=C([C@@H]3CC[C@@H](c4ccc5[nH]c([C@@H]6CCCN6C(=O)[C@@H](NC(=O)OC)C(C)C)nc5c4)N3c3ccc(C(F)(F)F)cc3)C=CC2N1)C(C)C. The van der Waals surface area contributed by atoms with Gasteiger partial charge in [-0.05, 0) is 97.9 Å². The first-order valence-electron chi connectivity index (χ1n) is 22.6. The van der Waals surface area contributed by atoms with Crippen molar-refractivity contribution in [3.63, 3.8) is 0 Å². The molecule has 65 heavy (non-hydrogen) atoms. The smallest absolute Gasteiger partial charge is 0.416 e. The fourth-order valence-electron chi connectivity index (χ4n) is 10.2. The van der Waals surface area contributed by atoms with Gasteiger partial charge in [0.1, 0.15) is 23.7 Å². The van der Waals surface area contributed by atoms with Crippen molar-refractivity contribution in [1.29, 1.82) is 0 Å². The maximum absolute atomic E-state index is 13.8. The molecule has 18 heteroatoms. The fourth-order valence-corrected chi connectivity index (χ4v) is 10.2. The molecule has 1 aromatic heterocycles. The molecule has 3 aromatic rings. The fraction of sp³-hybridized carbons (Fsp3) is 0.532. The Morgan fingerprint density at radius 1 is 0.785 bits per heavy atom. The number of carbonyl (C=O) groups is 4. The summed E-state index contributed by atoms with van der Waals surface area (Å²) >= 11 is 0. The third kappa shape index (κ3) is 9.12. The predicted octanol–water partition coefficient (Wildman–Crippen LogP) is 6.94. The van der Waals surface area contributed by atoms with Crippen LogP contribution in [0.4, 0.5) is 28.4 Å². The summed E-state index contributed by atoms with van der Waals surface area (Å²) in [5, 5.41) is 8.94. The first-order valence-corrected chi connectivity index (χ1v) is 22.6. The molecule has 4 amide bonds. The number of nitrogens with one attached hydrogen (secondary N) is 4. The maximum Gasteiger partial charge on any atom is 0.416 e. The van der Waals surface area contributed by atoms with Gasteiger partial charge in [0.2, 0.25) is 11.8 Å². The van der Waals surface area contributed by atoms with Crippen LogP contribution in [0.1, 0.15) is 95.3 Å². The lowest BCUT2D eigenvalue weighted by atomic mass is 9.93. The molecule has 348 valence electrons. The third-order valence-corrected chi connectivity index (χ3v) is 13.5. The Morgan fingerprint density at radius 2 is 1.38 bits per heavy atom. The number of aliphatic imine (C=N–C) groups is 1. The van der Waals surface area contributed by atoms with E-state index >= 15 is 0 Å². The summed E-state index contributed by atoms with van der Waals surface area (Å²) in [6.45, 7) is 8.55. The number of aromatic amines is 1. The van der Waals surface area contributed by atoms with E-state index in [-0.39, 0.29) is 59.9 Å². The second-order valence-electron chi connectivity index (χ2n) is 18.3. The van der Waals surface area contributed by atoms with Crippen LogP contribution in [0.15, 0.2) is 71.3 Å². The van der Waals surface area contributed by atoms with Gasteiger partial charge in [-0.25, -0.2) is 14.6 Å². The zero-order valence-corrected chi connectivity index (χ0v) is 37.5. The van der Waals surface area contributed by atoms with Gasteiger partial charge in [0.25, 0.3) is 0 Å². The molecule has 3 saturated heterocycles. The molecule has 8 atom stereocenters. The van der Waals surface area contributed by atoms with E-state index in [1.807, 2.05) is 45.9 Å². The largest absolute Gasteiger partial charge is 0.453 e. The minimum atomic E-state index is -4.49. The summed E-state index contributed by atoms with van der Waals surface area (Å²) in [7, 11) is 2.53. The highest BCUT2D eigenvalue weighted by atomic mass is 19.4. The van der Waals surface area contributed by atoms with Crippen LogP contribution in [-0.4, -0.2) is 113 Å². The first kappa shape index (κ1) is 45.5. The molecule has 8 rings (SSSR count). The summed E-state index contributed by atoms with van der Waals surface area (Å²) in [5.41, 5.74) is 3.38. The van der Waals surface area contributed by atoms with E-state index in [4.69, 9.17) is 19.5 Å². The van der Waals surface area contributed by atoms with Crippen molar-refractivity contribution in [3.05, 3.63) is 83.2 Å². The number of anilines is 1. The predicted molar refractivity (Wildman–Crippen MR) is 238 cm³/mol. The number of halogens is 3. The van der Waals surface area contributed by atoms with Gasteiger partial charge >= 0.3 is 18.4 Å². The van der Waals surface area contributed by atoms with Crippen molar-refractivity contribution in [2.24, 2.45) is 16.8 Å². The molecule has 1 aliphatic carbocycles. The van der Waals surface area contributed by atoms with E-state index in [2.05, 4.69) is 44.1 Å². The minimum Gasteiger partial charge on any atom is -0.453 e. The monoisotopic (exact) mass is 901 g/mol. The second-order valence-corrected chi connectivity index (χ2v) is 18.3. The maximum atomic E-state index is 13.8. The van der Waals surface area contributed by atoms with Crippen LogP contribution >= 0.6 is 0 Å². The number of rotatable bonds is 11. The number of methoxy groups -OCH3 is 2. The van der Waals surface area contributed by atoms with E-state index in [0.29, 0.717) is 48.8 Å². The standard InChI is InChI=1S/C47H58F3N9O6/c1-25(2)39(55-45(62)64-5)43(60)57-21-7-9-37(57)41-51-31-17-11-27(23-33(31)53-41)35-19-20-36(59(35)30-15-13-29(14-16-30)47(48,49)50)28-12-18-32-34(24-28)54-42(52-32)38-10-8-22-58(38)44(61)40(26(3)4)56-46(63)65-6/h11-18,23-26,31,33,35-40H,7-10,19-22H2,1-6H3,(H,51,53)(H,52,54)(H,55,62)(H,56,63)/t31?,33?,35-,36-,37-,38-,39-,40-/m0/s1. The molecule has 15 nitrogen and oxygen atoms in total. The van der Waals surface area contributed by atoms with Crippen LogP contribution in [0.5, 0.6) is 0 Å². The number of nitrogens with zero attached hydrogens (tertiary/aromatic N) is 5. The second kappa shape index (κ2) is 18.4. The van der Waals surface area contributed by atoms with Gasteiger partial charge in [-0.15, -0.1) is 0 Å². The van der Waals surface area contributed by atoms with Crippen molar-refractivity contribution in [2.75, 3.05) is 32.2 Å². The van der Waals surface area contributed by atoms with Crippen molar-refractivity contribution >= 4 is 46.6 Å². The van der Waals surface area contributed by atoms with Crippen LogP contribution in [0, 0.1) is 11.8 Å². The number of imidazole rings is 1. The third-order valence-electron chi connectivity index (χ3n) is 13.5. The zero-order valence-electron chi connectivity index (χ0n) is 37.5. The number of fused-ring (bicyclic) bond motifs is 2. The van der Waals surface area contributed by atoms with Crippen molar-refractivity contribution in [2.45, 2.75) is 121 Å². The number of benzene rings is 2. The van der Waals surface area contributed by atoms with Gasteiger partial charge in [0.15, 0.2) is 0 Å². The molecule has 3 fully saturated rings. The van der Waals surface area contributed by atoms with E-state index in [1.165, 1.54) is 14.2 Å². The Hall–Kier alpha value is -6.07. The summed E-state index contributed by atoms with van der Waals surface area (Å²) in [6.07, 6.45) is 4.88. The van der Waals surface area contributed by atoms with Crippen LogP contribution in [0.25, 0.3) is 11.0 Å². The molecule has 0 radical (unpaired) electrons. The molecule has 0 saturated carbocycles. The molecule has 5 aliphatic rings. The number of likely N-dealkylation sites (tertiary alicyclic amines) is 2. The topological polar surface area (TPSA) is 174 Å². The lowest BCUT2D eigenvalue weighted by molar-refractivity contribution is -0.137. The lowest BCUT2D eigenvalue weighted by Gasteiger charge is -2.35. The molecule has 0 bridgehead atoms. The quantitative estimate of drug-likeness (QED) is 0.159. The summed E-state index contributed by atoms with van der Waals surface area (Å²) in [4.78, 5) is 71.3. The van der Waals surface area contributed by atoms with Gasteiger partial charge in [0.05, 0.1) is 67.1 Å². The molecule has 4 aliphatic heterocycles. The molecule has 4 N–H and O–H groups in total. The van der Waals surface area contributed by atoms with E-state index in [9.17, 15) is 32.3 Å². The number of H-pyrrole nitrogens is 1. The highest BCUT2D eigenvalue weighted by Gasteiger charge is 2.44. The van der Waals surface area contributed by atoms with Gasteiger partial charge in [-0.3, -0.25) is 14.6 Å². The van der Waals surface area contributed by atoms with Crippen LogP contribution in [-0.2, 0) is 25.2 Å². The molecular formula is C47H58F3N9O6. The number of hydrogen-bond donors (Lipinski definition) is 4. The van der Waals surface area contributed by atoms with E-state index in [1.54, 1.807) is 21.9 Å².